The van der Waals surface area contributed by atoms with Crippen LogP contribution in [0.4, 0.5) is 17.2 Å². The summed E-state index contributed by atoms with van der Waals surface area (Å²) in [7, 11) is 1.65. The number of anilines is 3. The average Bonchev–Trinajstić information content (AvgIpc) is 3.13. The molecule has 1 fully saturated rings. The smallest absolute Gasteiger partial charge is 0.266 e. The maximum atomic E-state index is 13.3. The zero-order chi connectivity index (χ0) is 23.0. The summed E-state index contributed by atoms with van der Waals surface area (Å²) in [5.74, 6) is 0.909. The van der Waals surface area contributed by atoms with Crippen LogP contribution in [0.1, 0.15) is 40.6 Å². The molecule has 3 aromatic rings. The molecule has 1 aliphatic heterocycles. The first-order chi connectivity index (χ1) is 15.3. The molecule has 166 valence electrons. The normalized spacial score (nSPS) is 14.1. The number of thiophene rings is 1. The number of piperazine rings is 1. The van der Waals surface area contributed by atoms with E-state index in [0.29, 0.717) is 39.4 Å². The highest BCUT2D eigenvalue weighted by Gasteiger charge is 2.29. The number of methoxy groups -OCH3 is 1. The molecule has 0 spiro atoms. The predicted octanol–water partition coefficient (Wildman–Crippen LogP) is 3.43. The van der Waals surface area contributed by atoms with Gasteiger partial charge in [0.15, 0.2) is 0 Å². The number of pyridine rings is 1. The number of nitrogen functional groups attached to an aromatic ring is 2. The summed E-state index contributed by atoms with van der Waals surface area (Å²) in [5, 5.41) is 10.2. The fraction of sp³-hybridized carbons (Fsp3) is 0.348. The van der Waals surface area contributed by atoms with Gasteiger partial charge >= 0.3 is 0 Å². The second-order valence-electron chi connectivity index (χ2n) is 8.05. The molecule has 1 saturated heterocycles. The molecule has 0 radical (unpaired) electrons. The van der Waals surface area contributed by atoms with Crippen LogP contribution < -0.4 is 21.1 Å². The van der Waals surface area contributed by atoms with Gasteiger partial charge in [-0.25, -0.2) is 4.98 Å². The Morgan fingerprint density at radius 1 is 1.19 bits per heavy atom. The zero-order valence-corrected chi connectivity index (χ0v) is 19.2. The van der Waals surface area contributed by atoms with E-state index in [9.17, 15) is 10.1 Å². The van der Waals surface area contributed by atoms with Crippen LogP contribution in [0.15, 0.2) is 24.3 Å². The number of carbonyl (C=O) groups excluding carboxylic acids is 1. The lowest BCUT2D eigenvalue weighted by Crippen LogP contribution is -2.48. The number of fused-ring (bicyclic) bond motifs is 1. The van der Waals surface area contributed by atoms with E-state index in [2.05, 4.69) is 16.0 Å². The van der Waals surface area contributed by atoms with Gasteiger partial charge < -0.3 is 26.0 Å². The number of ether oxygens (including phenoxy) is 1. The van der Waals surface area contributed by atoms with Gasteiger partial charge in [0.2, 0.25) is 0 Å². The van der Waals surface area contributed by atoms with Crippen LogP contribution in [0, 0.1) is 11.3 Å². The van der Waals surface area contributed by atoms with Crippen molar-refractivity contribution >= 4 is 44.7 Å². The number of hydrogen-bond donors (Lipinski definition) is 2. The molecule has 8 nitrogen and oxygen atoms in total. The van der Waals surface area contributed by atoms with Crippen LogP contribution in [0.2, 0.25) is 0 Å². The summed E-state index contributed by atoms with van der Waals surface area (Å²) in [6, 6.07) is 10.1. The van der Waals surface area contributed by atoms with Gasteiger partial charge in [0.1, 0.15) is 27.3 Å². The monoisotopic (exact) mass is 450 g/mol. The van der Waals surface area contributed by atoms with E-state index in [1.165, 1.54) is 11.3 Å². The van der Waals surface area contributed by atoms with Crippen molar-refractivity contribution in [2.24, 2.45) is 0 Å². The molecule has 0 bridgehead atoms. The number of aromatic nitrogens is 1. The van der Waals surface area contributed by atoms with E-state index in [1.807, 2.05) is 43.0 Å². The van der Waals surface area contributed by atoms with E-state index in [-0.39, 0.29) is 17.6 Å². The first-order valence-corrected chi connectivity index (χ1v) is 11.3. The Balaban J connectivity index is 1.59. The van der Waals surface area contributed by atoms with Gasteiger partial charge in [0.25, 0.3) is 5.91 Å². The lowest BCUT2D eigenvalue weighted by atomic mass is 9.95. The summed E-state index contributed by atoms with van der Waals surface area (Å²) in [5.41, 5.74) is 15.1. The Bertz CT molecular complexity index is 1200. The zero-order valence-electron chi connectivity index (χ0n) is 18.4. The minimum absolute atomic E-state index is 0.0188. The largest absolute Gasteiger partial charge is 0.497 e. The summed E-state index contributed by atoms with van der Waals surface area (Å²) < 4.78 is 5.22. The van der Waals surface area contributed by atoms with Crippen molar-refractivity contribution in [2.45, 2.75) is 19.8 Å². The molecule has 0 atom stereocenters. The van der Waals surface area contributed by atoms with Crippen molar-refractivity contribution in [1.82, 2.24) is 9.88 Å². The van der Waals surface area contributed by atoms with Crippen molar-refractivity contribution in [3.8, 4) is 11.8 Å². The van der Waals surface area contributed by atoms with E-state index in [1.54, 1.807) is 7.11 Å². The Hall–Kier alpha value is -3.51. The van der Waals surface area contributed by atoms with E-state index < -0.39 is 0 Å². The molecule has 3 heterocycles. The Morgan fingerprint density at radius 2 is 1.84 bits per heavy atom. The second kappa shape index (κ2) is 8.55. The number of nitrogens with two attached hydrogens (primary N) is 2. The molecule has 4 rings (SSSR count). The van der Waals surface area contributed by atoms with E-state index in [4.69, 9.17) is 16.2 Å². The maximum Gasteiger partial charge on any atom is 0.266 e. The molecule has 0 aliphatic carbocycles. The van der Waals surface area contributed by atoms with E-state index in [0.717, 1.165) is 30.1 Å². The second-order valence-corrected chi connectivity index (χ2v) is 9.05. The highest BCUT2D eigenvalue weighted by molar-refractivity contribution is 7.21. The number of hydrogen-bond acceptors (Lipinski definition) is 8. The molecule has 0 saturated carbocycles. The summed E-state index contributed by atoms with van der Waals surface area (Å²) >= 11 is 1.25. The first kappa shape index (κ1) is 21.7. The molecule has 32 heavy (non-hydrogen) atoms. The van der Waals surface area contributed by atoms with Crippen LogP contribution in [0.5, 0.6) is 5.75 Å². The van der Waals surface area contributed by atoms with Gasteiger partial charge in [-0.05, 0) is 35.7 Å². The SMILES string of the molecule is COc1ccc(N2CCN(C(=O)c3sc4nc(N)c(C#N)c(C(C)C)c4c3N)CC2)cc1. The van der Waals surface area contributed by atoms with Gasteiger partial charge in [0, 0.05) is 37.3 Å². The van der Waals surface area contributed by atoms with Crippen LogP contribution in [-0.4, -0.2) is 49.1 Å². The molecule has 1 aliphatic rings. The highest BCUT2D eigenvalue weighted by atomic mass is 32.1. The van der Waals surface area contributed by atoms with Gasteiger partial charge in [0.05, 0.1) is 18.4 Å². The van der Waals surface area contributed by atoms with Crippen molar-refractivity contribution in [3.63, 3.8) is 0 Å². The standard InChI is InChI=1S/C23H26N6O2S/c1-13(2)17-16(12-24)21(26)27-22-18(17)19(25)20(32-22)23(30)29-10-8-28(9-11-29)14-4-6-15(31-3)7-5-14/h4-7,13H,8-11,25H2,1-3H3,(H2,26,27). The highest BCUT2D eigenvalue weighted by Crippen LogP contribution is 2.41. The van der Waals surface area contributed by atoms with E-state index >= 15 is 0 Å². The van der Waals surface area contributed by atoms with Crippen LogP contribution in [-0.2, 0) is 0 Å². The van der Waals surface area contributed by atoms with Gasteiger partial charge in [-0.15, -0.1) is 11.3 Å². The van der Waals surface area contributed by atoms with Crippen molar-refractivity contribution in [3.05, 3.63) is 40.3 Å². The lowest BCUT2D eigenvalue weighted by molar-refractivity contribution is 0.0752. The minimum Gasteiger partial charge on any atom is -0.497 e. The van der Waals surface area contributed by atoms with Crippen molar-refractivity contribution < 1.29 is 9.53 Å². The topological polar surface area (TPSA) is 121 Å². The minimum atomic E-state index is -0.105. The molecular formula is C23H26N6O2S. The van der Waals surface area contributed by atoms with Gasteiger partial charge in [-0.3, -0.25) is 4.79 Å². The number of nitriles is 1. The van der Waals surface area contributed by atoms with Gasteiger partial charge in [-0.2, -0.15) is 5.26 Å². The summed E-state index contributed by atoms with van der Waals surface area (Å²) in [6.45, 7) is 6.59. The Morgan fingerprint density at radius 3 is 2.41 bits per heavy atom. The third kappa shape index (κ3) is 3.67. The third-order valence-corrected chi connectivity index (χ3v) is 6.92. The first-order valence-electron chi connectivity index (χ1n) is 10.4. The molecular weight excluding hydrogens is 424 g/mol. The van der Waals surface area contributed by atoms with Crippen LogP contribution in [0.25, 0.3) is 10.2 Å². The molecule has 4 N–H and O–H groups in total. The van der Waals surface area contributed by atoms with Gasteiger partial charge in [-0.1, -0.05) is 13.8 Å². The van der Waals surface area contributed by atoms with Crippen molar-refractivity contribution in [2.75, 3.05) is 49.7 Å². The predicted molar refractivity (Wildman–Crippen MR) is 128 cm³/mol. The quantitative estimate of drug-likeness (QED) is 0.624. The Labute approximate surface area is 191 Å². The molecule has 0 unspecified atom stereocenters. The summed E-state index contributed by atoms with van der Waals surface area (Å²) in [6.07, 6.45) is 0. The number of carbonyl (C=O) groups is 1. The molecule has 9 heteroatoms. The fourth-order valence-electron chi connectivity index (χ4n) is 4.16. The number of rotatable bonds is 4. The fourth-order valence-corrected chi connectivity index (χ4v) is 5.24. The average molecular weight is 451 g/mol. The number of nitrogens with zero attached hydrogens (tertiary/aromatic N) is 4. The molecule has 1 amide bonds. The Kier molecular flexibility index (Phi) is 5.80. The maximum absolute atomic E-state index is 13.3. The van der Waals surface area contributed by atoms with Crippen LogP contribution in [0.3, 0.4) is 0 Å². The summed E-state index contributed by atoms with van der Waals surface area (Å²) in [4.78, 5) is 22.8. The van der Waals surface area contributed by atoms with Crippen molar-refractivity contribution in [1.29, 1.82) is 5.26 Å². The lowest BCUT2D eigenvalue weighted by Gasteiger charge is -2.36. The van der Waals surface area contributed by atoms with Crippen LogP contribution >= 0.6 is 11.3 Å². The number of benzene rings is 1. The number of amides is 1. The molecule has 1 aromatic carbocycles. The third-order valence-electron chi connectivity index (χ3n) is 5.83. The molecule has 2 aromatic heterocycles.